The second-order valence-electron chi connectivity index (χ2n) is 3.48. The summed E-state index contributed by atoms with van der Waals surface area (Å²) in [6.45, 7) is 0.527. The van der Waals surface area contributed by atoms with E-state index in [4.69, 9.17) is 11.6 Å². The fourth-order valence-corrected chi connectivity index (χ4v) is 2.94. The lowest BCUT2D eigenvalue weighted by Crippen LogP contribution is -2.01. The zero-order valence-corrected chi connectivity index (χ0v) is 12.8. The summed E-state index contributed by atoms with van der Waals surface area (Å²) < 4.78 is 1.55. The molecule has 0 atom stereocenters. The molecule has 0 aliphatic rings. The monoisotopic (exact) mass is 394 g/mol. The summed E-state index contributed by atoms with van der Waals surface area (Å²) in [7, 11) is 0. The van der Waals surface area contributed by atoms with Gasteiger partial charge in [-0.25, -0.2) is 0 Å². The normalized spacial score (nSPS) is 10.3. The Morgan fingerprint density at radius 3 is 2.78 bits per heavy atom. The number of halogens is 2. The summed E-state index contributed by atoms with van der Waals surface area (Å²) in [6.07, 6.45) is 0. The number of nitro benzene ring substituents is 1. The molecule has 0 saturated carbocycles. The van der Waals surface area contributed by atoms with Crippen molar-refractivity contribution in [1.29, 1.82) is 0 Å². The lowest BCUT2D eigenvalue weighted by molar-refractivity contribution is -0.384. The number of nitrogens with one attached hydrogen (secondary N) is 1. The van der Waals surface area contributed by atoms with Crippen molar-refractivity contribution in [3.05, 3.63) is 53.2 Å². The van der Waals surface area contributed by atoms with Crippen LogP contribution in [0.3, 0.4) is 0 Å². The third-order valence-corrected chi connectivity index (χ3v) is 4.14. The lowest BCUT2D eigenvalue weighted by Gasteiger charge is -2.06. The van der Waals surface area contributed by atoms with Crippen molar-refractivity contribution < 1.29 is 4.92 Å². The maximum Gasteiger partial charge on any atom is 0.293 e. The molecule has 4 nitrogen and oxygen atoms in total. The van der Waals surface area contributed by atoms with E-state index in [2.05, 4.69) is 27.9 Å². The number of hydrogen-bond donors (Lipinski definition) is 1. The Kier molecular flexibility index (Phi) is 4.41. The number of nitrogens with zero attached hydrogens (tertiary/aromatic N) is 1. The predicted molar refractivity (Wildman–Crippen MR) is 82.5 cm³/mol. The van der Waals surface area contributed by atoms with Crippen molar-refractivity contribution in [2.24, 2.45) is 0 Å². The maximum atomic E-state index is 10.9. The smallest absolute Gasteiger partial charge is 0.293 e. The van der Waals surface area contributed by atoms with Crippen molar-refractivity contribution in [3.8, 4) is 0 Å². The van der Waals surface area contributed by atoms with Gasteiger partial charge in [-0.1, -0.05) is 11.6 Å². The largest absolute Gasteiger partial charge is 0.375 e. The van der Waals surface area contributed by atoms with Gasteiger partial charge in [0, 0.05) is 21.1 Å². The molecule has 0 unspecified atom stereocenters. The first kappa shape index (κ1) is 13.6. The molecule has 0 saturated heterocycles. The van der Waals surface area contributed by atoms with E-state index in [1.54, 1.807) is 12.1 Å². The Balaban J connectivity index is 2.16. The van der Waals surface area contributed by atoms with E-state index in [-0.39, 0.29) is 10.6 Å². The van der Waals surface area contributed by atoms with E-state index >= 15 is 0 Å². The predicted octanol–water partition coefficient (Wildman–Crippen LogP) is 4.53. The molecular weight excluding hydrogens is 387 g/mol. The van der Waals surface area contributed by atoms with E-state index in [1.165, 1.54) is 11.3 Å². The Labute approximate surface area is 126 Å². The maximum absolute atomic E-state index is 10.9. The molecule has 0 spiro atoms. The second-order valence-corrected chi connectivity index (χ2v) is 6.52. The van der Waals surface area contributed by atoms with Gasteiger partial charge in [-0.2, -0.15) is 0 Å². The topological polar surface area (TPSA) is 55.2 Å². The van der Waals surface area contributed by atoms with E-state index in [1.807, 2.05) is 18.2 Å². The summed E-state index contributed by atoms with van der Waals surface area (Å²) in [5, 5.41) is 14.0. The van der Waals surface area contributed by atoms with Gasteiger partial charge in [0.1, 0.15) is 5.69 Å². The Bertz CT molecular complexity index is 588. The highest BCUT2D eigenvalue weighted by molar-refractivity contribution is 14.1. The minimum atomic E-state index is -0.383. The van der Waals surface area contributed by atoms with Crippen LogP contribution in [0.5, 0.6) is 0 Å². The highest BCUT2D eigenvalue weighted by Crippen LogP contribution is 2.28. The van der Waals surface area contributed by atoms with Gasteiger partial charge in [0.2, 0.25) is 0 Å². The molecule has 2 aromatic rings. The van der Waals surface area contributed by atoms with Crippen LogP contribution in [0.1, 0.15) is 4.88 Å². The van der Waals surface area contributed by atoms with Crippen LogP contribution in [0, 0.1) is 13.7 Å². The van der Waals surface area contributed by atoms with E-state index < -0.39 is 0 Å². The van der Waals surface area contributed by atoms with Crippen LogP contribution in [0.15, 0.2) is 30.3 Å². The van der Waals surface area contributed by atoms with Gasteiger partial charge in [0.05, 0.1) is 9.26 Å². The third-order valence-electron chi connectivity index (χ3n) is 2.24. The number of anilines is 1. The average molecular weight is 395 g/mol. The third kappa shape index (κ3) is 3.33. The minimum Gasteiger partial charge on any atom is -0.375 e. The number of hydrogen-bond acceptors (Lipinski definition) is 4. The molecule has 94 valence electrons. The average Bonchev–Trinajstić information content (AvgIpc) is 2.73. The van der Waals surface area contributed by atoms with Gasteiger partial charge in [0.25, 0.3) is 5.69 Å². The fraction of sp³-hybridized carbons (Fsp3) is 0.0909. The summed E-state index contributed by atoms with van der Waals surface area (Å²) in [5.41, 5.74) is 0.606. The van der Waals surface area contributed by atoms with Gasteiger partial charge in [-0.3, -0.25) is 10.1 Å². The fourth-order valence-electron chi connectivity index (χ4n) is 1.43. The van der Waals surface area contributed by atoms with Crippen LogP contribution in [0.2, 0.25) is 4.34 Å². The summed E-state index contributed by atoms with van der Waals surface area (Å²) >= 11 is 9.33. The van der Waals surface area contributed by atoms with Crippen molar-refractivity contribution in [1.82, 2.24) is 0 Å². The Hall–Kier alpha value is -0.860. The van der Waals surface area contributed by atoms with Crippen LogP contribution >= 0.6 is 45.5 Å². The number of thiophene rings is 1. The SMILES string of the molecule is O=[N+]([O-])c1cc(I)ccc1NCc1ccc(Cl)s1. The number of rotatable bonds is 4. The van der Waals surface area contributed by atoms with E-state index in [0.29, 0.717) is 16.6 Å². The Morgan fingerprint density at radius 1 is 1.39 bits per heavy atom. The van der Waals surface area contributed by atoms with E-state index in [9.17, 15) is 10.1 Å². The highest BCUT2D eigenvalue weighted by Gasteiger charge is 2.13. The molecule has 0 fully saturated rings. The number of nitro groups is 1. The summed E-state index contributed by atoms with van der Waals surface area (Å²) in [4.78, 5) is 11.6. The standard InChI is InChI=1S/C11H8ClIN2O2S/c12-11-4-2-8(18-11)6-14-9-3-1-7(13)5-10(9)15(16)17/h1-5,14H,6H2. The van der Waals surface area contributed by atoms with Gasteiger partial charge < -0.3 is 5.32 Å². The molecule has 1 aromatic carbocycles. The highest BCUT2D eigenvalue weighted by atomic mass is 127. The van der Waals surface area contributed by atoms with Gasteiger partial charge in [-0.05, 0) is 46.9 Å². The first-order valence-electron chi connectivity index (χ1n) is 4.98. The molecule has 0 bridgehead atoms. The van der Waals surface area contributed by atoms with Crippen molar-refractivity contribution in [3.63, 3.8) is 0 Å². The minimum absolute atomic E-state index is 0.0875. The van der Waals surface area contributed by atoms with Gasteiger partial charge >= 0.3 is 0 Å². The molecule has 1 aromatic heterocycles. The molecule has 0 radical (unpaired) electrons. The van der Waals surface area contributed by atoms with Crippen molar-refractivity contribution >= 4 is 56.9 Å². The molecule has 0 aliphatic carbocycles. The molecule has 1 N–H and O–H groups in total. The zero-order valence-electron chi connectivity index (χ0n) is 9.02. The Morgan fingerprint density at radius 2 is 2.17 bits per heavy atom. The molecular formula is C11H8ClIN2O2S. The van der Waals surface area contributed by atoms with Crippen LogP contribution in [-0.4, -0.2) is 4.92 Å². The first-order valence-corrected chi connectivity index (χ1v) is 7.25. The molecule has 1 heterocycles. The molecule has 2 rings (SSSR count). The van der Waals surface area contributed by atoms with Crippen LogP contribution in [-0.2, 0) is 6.54 Å². The van der Waals surface area contributed by atoms with Gasteiger partial charge in [0.15, 0.2) is 0 Å². The van der Waals surface area contributed by atoms with Crippen molar-refractivity contribution in [2.45, 2.75) is 6.54 Å². The summed E-state index contributed by atoms with van der Waals surface area (Å²) in [5.74, 6) is 0. The molecule has 0 amide bonds. The first-order chi connectivity index (χ1) is 8.56. The van der Waals surface area contributed by atoms with Crippen LogP contribution in [0.4, 0.5) is 11.4 Å². The molecule has 0 aliphatic heterocycles. The van der Waals surface area contributed by atoms with Gasteiger partial charge in [-0.15, -0.1) is 11.3 Å². The zero-order chi connectivity index (χ0) is 13.1. The lowest BCUT2D eigenvalue weighted by atomic mass is 10.2. The number of benzene rings is 1. The quantitative estimate of drug-likeness (QED) is 0.471. The molecule has 18 heavy (non-hydrogen) atoms. The van der Waals surface area contributed by atoms with Crippen molar-refractivity contribution in [2.75, 3.05) is 5.32 Å². The van der Waals surface area contributed by atoms with E-state index in [0.717, 1.165) is 8.45 Å². The summed E-state index contributed by atoms with van der Waals surface area (Å²) in [6, 6.07) is 8.81. The molecule has 7 heteroatoms. The van der Waals surface area contributed by atoms with Crippen LogP contribution in [0.25, 0.3) is 0 Å². The van der Waals surface area contributed by atoms with Crippen LogP contribution < -0.4 is 5.32 Å². The second kappa shape index (κ2) is 5.85.